The number of carboxylic acids is 1. The maximum atomic E-state index is 11.0. The van der Waals surface area contributed by atoms with E-state index >= 15 is 0 Å². The first kappa shape index (κ1) is 11.5. The molecule has 1 N–H and O–H groups in total. The molecule has 2 rings (SSSR count). The zero-order valence-electron chi connectivity index (χ0n) is 9.82. The number of aryl methyl sites for hydroxylation is 1. The van der Waals surface area contributed by atoms with Crippen molar-refractivity contribution in [3.8, 4) is 5.75 Å². The molecule has 0 spiro atoms. The summed E-state index contributed by atoms with van der Waals surface area (Å²) in [7, 11) is 0. The van der Waals surface area contributed by atoms with Crippen LogP contribution in [-0.2, 0) is 0 Å². The molecule has 0 bridgehead atoms. The summed E-state index contributed by atoms with van der Waals surface area (Å²) < 4.78 is 10.9. The summed E-state index contributed by atoms with van der Waals surface area (Å²) in [6.07, 6.45) is 0.891. The zero-order chi connectivity index (χ0) is 12.4. The van der Waals surface area contributed by atoms with E-state index < -0.39 is 5.97 Å². The minimum absolute atomic E-state index is 0.0208. The fourth-order valence-corrected chi connectivity index (χ4v) is 1.75. The second-order valence-electron chi connectivity index (χ2n) is 3.84. The first-order chi connectivity index (χ1) is 8.15. The van der Waals surface area contributed by atoms with E-state index in [9.17, 15) is 4.79 Å². The molecule has 0 aliphatic rings. The van der Waals surface area contributed by atoms with Crippen LogP contribution in [0.15, 0.2) is 22.6 Å². The Morgan fingerprint density at radius 2 is 2.24 bits per heavy atom. The Bertz CT molecular complexity index is 554. The average Bonchev–Trinajstić information content (AvgIpc) is 2.65. The Balaban J connectivity index is 2.56. The number of hydrogen-bond donors (Lipinski definition) is 1. The monoisotopic (exact) mass is 234 g/mol. The molecule has 4 nitrogen and oxygen atoms in total. The predicted octanol–water partition coefficient (Wildman–Crippen LogP) is 3.23. The standard InChI is InChI=1S/C13H14O4/c1-3-7-16-10-6-4-5-9-8(2)11(13(14)15)17-12(9)10/h4-6H,3,7H2,1-2H3,(H,14,15). The van der Waals surface area contributed by atoms with Crippen molar-refractivity contribution in [1.82, 2.24) is 0 Å². The average molecular weight is 234 g/mol. The van der Waals surface area contributed by atoms with Crippen LogP contribution in [0.3, 0.4) is 0 Å². The first-order valence-electron chi connectivity index (χ1n) is 5.53. The number of carbonyl (C=O) groups is 1. The van der Waals surface area contributed by atoms with E-state index in [0.717, 1.165) is 11.8 Å². The summed E-state index contributed by atoms with van der Waals surface area (Å²) in [4.78, 5) is 11.0. The number of ether oxygens (including phenoxy) is 1. The number of aromatic carboxylic acids is 1. The number of fused-ring (bicyclic) bond motifs is 1. The van der Waals surface area contributed by atoms with E-state index in [1.807, 2.05) is 19.1 Å². The molecular weight excluding hydrogens is 220 g/mol. The van der Waals surface area contributed by atoms with E-state index in [-0.39, 0.29) is 5.76 Å². The lowest BCUT2D eigenvalue weighted by Gasteiger charge is -2.04. The van der Waals surface area contributed by atoms with Gasteiger partial charge in [0.25, 0.3) is 0 Å². The van der Waals surface area contributed by atoms with Crippen molar-refractivity contribution in [3.05, 3.63) is 29.5 Å². The van der Waals surface area contributed by atoms with Crippen molar-refractivity contribution in [3.63, 3.8) is 0 Å². The number of benzene rings is 1. The van der Waals surface area contributed by atoms with Crippen LogP contribution in [0, 0.1) is 6.92 Å². The highest BCUT2D eigenvalue weighted by Gasteiger charge is 2.18. The van der Waals surface area contributed by atoms with Gasteiger partial charge in [-0.15, -0.1) is 0 Å². The second kappa shape index (κ2) is 4.49. The molecule has 17 heavy (non-hydrogen) atoms. The third kappa shape index (κ3) is 1.98. The molecule has 0 radical (unpaired) electrons. The Morgan fingerprint density at radius 1 is 1.47 bits per heavy atom. The molecule has 0 aliphatic carbocycles. The largest absolute Gasteiger partial charge is 0.490 e. The lowest BCUT2D eigenvalue weighted by Crippen LogP contribution is -1.95. The van der Waals surface area contributed by atoms with Gasteiger partial charge in [-0.25, -0.2) is 4.79 Å². The lowest BCUT2D eigenvalue weighted by atomic mass is 10.1. The van der Waals surface area contributed by atoms with Crippen molar-refractivity contribution in [1.29, 1.82) is 0 Å². The normalized spacial score (nSPS) is 10.7. The summed E-state index contributed by atoms with van der Waals surface area (Å²) in [6, 6.07) is 5.45. The Morgan fingerprint density at radius 3 is 2.88 bits per heavy atom. The third-order valence-electron chi connectivity index (χ3n) is 2.58. The molecule has 0 fully saturated rings. The molecule has 1 heterocycles. The van der Waals surface area contributed by atoms with E-state index in [1.54, 1.807) is 13.0 Å². The van der Waals surface area contributed by atoms with Crippen molar-refractivity contribution in [2.75, 3.05) is 6.61 Å². The van der Waals surface area contributed by atoms with E-state index in [0.29, 0.717) is 23.5 Å². The van der Waals surface area contributed by atoms with Gasteiger partial charge in [0, 0.05) is 10.9 Å². The molecular formula is C13H14O4. The third-order valence-corrected chi connectivity index (χ3v) is 2.58. The van der Waals surface area contributed by atoms with Crippen LogP contribution in [0.2, 0.25) is 0 Å². The molecule has 90 valence electrons. The van der Waals surface area contributed by atoms with Gasteiger partial charge in [-0.05, 0) is 19.4 Å². The van der Waals surface area contributed by atoms with E-state index in [4.69, 9.17) is 14.3 Å². The maximum absolute atomic E-state index is 11.0. The quantitative estimate of drug-likeness (QED) is 0.882. The minimum atomic E-state index is -1.06. The Hall–Kier alpha value is -1.97. The van der Waals surface area contributed by atoms with Gasteiger partial charge in [0.1, 0.15) is 0 Å². The van der Waals surface area contributed by atoms with Gasteiger partial charge in [0.2, 0.25) is 5.76 Å². The van der Waals surface area contributed by atoms with Crippen LogP contribution in [-0.4, -0.2) is 17.7 Å². The minimum Gasteiger partial charge on any atom is -0.490 e. The van der Waals surface area contributed by atoms with Gasteiger partial charge >= 0.3 is 5.97 Å². The van der Waals surface area contributed by atoms with Gasteiger partial charge in [-0.3, -0.25) is 0 Å². The zero-order valence-corrected chi connectivity index (χ0v) is 9.82. The first-order valence-corrected chi connectivity index (χ1v) is 5.53. The number of carboxylic acid groups (broad SMARTS) is 1. The fourth-order valence-electron chi connectivity index (χ4n) is 1.75. The van der Waals surface area contributed by atoms with Crippen LogP contribution in [0.5, 0.6) is 5.75 Å². The lowest BCUT2D eigenvalue weighted by molar-refractivity contribution is 0.0663. The van der Waals surface area contributed by atoms with Crippen LogP contribution < -0.4 is 4.74 Å². The van der Waals surface area contributed by atoms with Crippen molar-refractivity contribution in [2.45, 2.75) is 20.3 Å². The Kier molecular flexibility index (Phi) is 3.04. The summed E-state index contributed by atoms with van der Waals surface area (Å²) in [6.45, 7) is 4.33. The molecule has 4 heteroatoms. The van der Waals surface area contributed by atoms with Gasteiger partial charge < -0.3 is 14.3 Å². The molecule has 2 aromatic rings. The maximum Gasteiger partial charge on any atom is 0.372 e. The highest BCUT2D eigenvalue weighted by atomic mass is 16.5. The van der Waals surface area contributed by atoms with Gasteiger partial charge in [-0.2, -0.15) is 0 Å². The molecule has 1 aromatic heterocycles. The number of para-hydroxylation sites is 1. The smallest absolute Gasteiger partial charge is 0.372 e. The molecule has 0 saturated heterocycles. The van der Waals surface area contributed by atoms with Crippen molar-refractivity contribution >= 4 is 16.9 Å². The van der Waals surface area contributed by atoms with Gasteiger partial charge in [-0.1, -0.05) is 19.1 Å². The van der Waals surface area contributed by atoms with Crippen LogP contribution in [0.1, 0.15) is 29.5 Å². The summed E-state index contributed by atoms with van der Waals surface area (Å²) >= 11 is 0. The van der Waals surface area contributed by atoms with Crippen molar-refractivity contribution in [2.24, 2.45) is 0 Å². The van der Waals surface area contributed by atoms with E-state index in [1.165, 1.54) is 0 Å². The SMILES string of the molecule is CCCOc1cccc2c(C)c(C(=O)O)oc12. The summed E-state index contributed by atoms with van der Waals surface area (Å²) in [5.74, 6) is -0.479. The molecule has 0 atom stereocenters. The molecule has 0 amide bonds. The van der Waals surface area contributed by atoms with E-state index in [2.05, 4.69) is 0 Å². The van der Waals surface area contributed by atoms with Gasteiger partial charge in [0.15, 0.2) is 11.3 Å². The van der Waals surface area contributed by atoms with Crippen LogP contribution in [0.4, 0.5) is 0 Å². The molecule has 0 saturated carbocycles. The Labute approximate surface area is 98.8 Å². The predicted molar refractivity (Wildman–Crippen MR) is 63.7 cm³/mol. The number of rotatable bonds is 4. The van der Waals surface area contributed by atoms with Crippen LogP contribution in [0.25, 0.3) is 11.0 Å². The number of furan rings is 1. The second-order valence-corrected chi connectivity index (χ2v) is 3.84. The number of hydrogen-bond acceptors (Lipinski definition) is 3. The van der Waals surface area contributed by atoms with Crippen LogP contribution >= 0.6 is 0 Å². The fraction of sp³-hybridized carbons (Fsp3) is 0.308. The topological polar surface area (TPSA) is 59.7 Å². The molecule has 0 aliphatic heterocycles. The summed E-state index contributed by atoms with van der Waals surface area (Å²) in [5.41, 5.74) is 1.14. The molecule has 0 unspecified atom stereocenters. The highest BCUT2D eigenvalue weighted by Crippen LogP contribution is 2.32. The van der Waals surface area contributed by atoms with Gasteiger partial charge in [0.05, 0.1) is 6.61 Å². The highest BCUT2D eigenvalue weighted by molar-refractivity contribution is 5.96. The van der Waals surface area contributed by atoms with Crippen molar-refractivity contribution < 1.29 is 19.1 Å². The molecule has 1 aromatic carbocycles. The summed E-state index contributed by atoms with van der Waals surface area (Å²) in [5, 5.41) is 9.79.